The lowest BCUT2D eigenvalue weighted by atomic mass is 10.1. The molecule has 0 atom stereocenters. The van der Waals surface area contributed by atoms with E-state index in [1.54, 1.807) is 36.4 Å². The summed E-state index contributed by atoms with van der Waals surface area (Å²) in [6.07, 6.45) is 1.52. The second-order valence-corrected chi connectivity index (χ2v) is 9.51. The number of ether oxygens (including phenoxy) is 3. The number of amides is 4. The van der Waals surface area contributed by atoms with E-state index in [4.69, 9.17) is 14.2 Å². The molecule has 0 aliphatic carbocycles. The van der Waals surface area contributed by atoms with Crippen molar-refractivity contribution in [1.82, 2.24) is 10.2 Å². The van der Waals surface area contributed by atoms with Gasteiger partial charge < -0.3 is 24.8 Å². The number of carbonyl (C=O) groups excluding carboxylic acids is 3. The van der Waals surface area contributed by atoms with Gasteiger partial charge in [0.05, 0.1) is 19.4 Å². The van der Waals surface area contributed by atoms with E-state index in [-0.39, 0.29) is 5.70 Å². The maximum absolute atomic E-state index is 13.0. The predicted molar refractivity (Wildman–Crippen MR) is 151 cm³/mol. The number of imide groups is 1. The fourth-order valence-corrected chi connectivity index (χ4v) is 4.28. The quantitative estimate of drug-likeness (QED) is 0.245. The molecule has 3 aromatic carbocycles. The van der Waals surface area contributed by atoms with Crippen molar-refractivity contribution < 1.29 is 28.6 Å². The minimum Gasteiger partial charge on any atom is -0.495 e. The summed E-state index contributed by atoms with van der Waals surface area (Å²) in [6, 6.07) is 17.7. The van der Waals surface area contributed by atoms with Crippen molar-refractivity contribution in [1.29, 1.82) is 0 Å². The van der Waals surface area contributed by atoms with Crippen LogP contribution in [-0.4, -0.2) is 43.0 Å². The molecule has 0 aromatic heterocycles. The molecule has 0 bridgehead atoms. The number of hydrogen-bond donors (Lipinski definition) is 2. The van der Waals surface area contributed by atoms with E-state index < -0.39 is 24.4 Å². The third-order valence-electron chi connectivity index (χ3n) is 5.82. The molecule has 39 heavy (non-hydrogen) atoms. The zero-order valence-electron chi connectivity index (χ0n) is 21.7. The molecule has 1 saturated heterocycles. The van der Waals surface area contributed by atoms with Gasteiger partial charge in [-0.1, -0.05) is 57.9 Å². The van der Waals surface area contributed by atoms with Gasteiger partial charge in [0.2, 0.25) is 5.91 Å². The summed E-state index contributed by atoms with van der Waals surface area (Å²) in [4.78, 5) is 39.0. The van der Waals surface area contributed by atoms with Gasteiger partial charge in [-0.25, -0.2) is 9.69 Å². The van der Waals surface area contributed by atoms with Crippen molar-refractivity contribution in [3.8, 4) is 17.2 Å². The standard InChI is InChI=1S/C29H28BrN3O6/c1-4-38-25-14-20(21(30)15-26(25)39-17-19-11-9-18(2)10-12-19)13-23-28(35)33(29(36)32-23)16-27(34)31-22-7-5-6-8-24(22)37-3/h5-15H,4,16-17H2,1-3H3,(H,31,34)(H,32,36)/b23-13+. The largest absolute Gasteiger partial charge is 0.495 e. The molecule has 0 saturated carbocycles. The van der Waals surface area contributed by atoms with Crippen molar-refractivity contribution in [3.05, 3.63) is 87.5 Å². The third-order valence-corrected chi connectivity index (χ3v) is 6.51. The number of nitrogens with zero attached hydrogens (tertiary/aromatic N) is 1. The lowest BCUT2D eigenvalue weighted by Gasteiger charge is -2.14. The number of hydrogen-bond acceptors (Lipinski definition) is 6. The highest BCUT2D eigenvalue weighted by Gasteiger charge is 2.35. The highest BCUT2D eigenvalue weighted by Crippen LogP contribution is 2.36. The lowest BCUT2D eigenvalue weighted by Crippen LogP contribution is -2.38. The van der Waals surface area contributed by atoms with Gasteiger partial charge in [0.15, 0.2) is 11.5 Å². The van der Waals surface area contributed by atoms with Crippen LogP contribution >= 0.6 is 15.9 Å². The molecule has 0 radical (unpaired) electrons. The first-order valence-electron chi connectivity index (χ1n) is 12.2. The van der Waals surface area contributed by atoms with Gasteiger partial charge >= 0.3 is 6.03 Å². The average Bonchev–Trinajstić information content (AvgIpc) is 3.18. The summed E-state index contributed by atoms with van der Waals surface area (Å²) in [6.45, 7) is 4.18. The van der Waals surface area contributed by atoms with E-state index in [9.17, 15) is 14.4 Å². The predicted octanol–water partition coefficient (Wildman–Crippen LogP) is 5.28. The van der Waals surface area contributed by atoms with E-state index >= 15 is 0 Å². The zero-order valence-corrected chi connectivity index (χ0v) is 23.3. The first-order valence-corrected chi connectivity index (χ1v) is 13.0. The third kappa shape index (κ3) is 6.77. The van der Waals surface area contributed by atoms with Crippen LogP contribution in [0.5, 0.6) is 17.2 Å². The second kappa shape index (κ2) is 12.5. The Bertz CT molecular complexity index is 1420. The number of para-hydroxylation sites is 2. The molecular formula is C29H28BrN3O6. The molecule has 1 fully saturated rings. The van der Waals surface area contributed by atoms with E-state index in [1.807, 2.05) is 38.1 Å². The zero-order chi connectivity index (χ0) is 27.9. The van der Waals surface area contributed by atoms with E-state index in [2.05, 4.69) is 26.6 Å². The van der Waals surface area contributed by atoms with Gasteiger partial charge in [0.25, 0.3) is 5.91 Å². The Labute approximate surface area is 234 Å². The highest BCUT2D eigenvalue weighted by molar-refractivity contribution is 9.10. The number of halogens is 1. The Morgan fingerprint density at radius 2 is 1.74 bits per heavy atom. The Morgan fingerprint density at radius 1 is 1.03 bits per heavy atom. The summed E-state index contributed by atoms with van der Waals surface area (Å²) in [5, 5.41) is 5.20. The fourth-order valence-electron chi connectivity index (χ4n) is 3.84. The first kappa shape index (κ1) is 27.7. The van der Waals surface area contributed by atoms with Crippen molar-refractivity contribution in [2.24, 2.45) is 0 Å². The Kier molecular flexibility index (Phi) is 8.88. The number of rotatable bonds is 10. The maximum atomic E-state index is 13.0. The van der Waals surface area contributed by atoms with Crippen LogP contribution in [0.3, 0.4) is 0 Å². The first-order chi connectivity index (χ1) is 18.8. The van der Waals surface area contributed by atoms with E-state index in [1.165, 1.54) is 13.2 Å². The summed E-state index contributed by atoms with van der Waals surface area (Å²) in [5.74, 6) is 0.316. The van der Waals surface area contributed by atoms with Gasteiger partial charge in [-0.05, 0) is 55.3 Å². The van der Waals surface area contributed by atoms with E-state index in [0.717, 1.165) is 16.0 Å². The number of aryl methyl sites for hydroxylation is 1. The normalized spacial score (nSPS) is 13.8. The molecule has 2 N–H and O–H groups in total. The molecule has 4 amide bonds. The highest BCUT2D eigenvalue weighted by atomic mass is 79.9. The minimum atomic E-state index is -0.694. The average molecular weight is 594 g/mol. The minimum absolute atomic E-state index is 0.0292. The fraction of sp³-hybridized carbons (Fsp3) is 0.207. The molecule has 9 nitrogen and oxygen atoms in total. The van der Waals surface area contributed by atoms with Crippen LogP contribution in [0.2, 0.25) is 0 Å². The van der Waals surface area contributed by atoms with Gasteiger partial charge in [-0.3, -0.25) is 9.59 Å². The van der Waals surface area contributed by atoms with Crippen LogP contribution in [0.15, 0.2) is 70.8 Å². The smallest absolute Gasteiger partial charge is 0.329 e. The van der Waals surface area contributed by atoms with Crippen LogP contribution in [0.4, 0.5) is 10.5 Å². The Hall–Kier alpha value is -4.31. The second-order valence-electron chi connectivity index (χ2n) is 8.66. The Balaban J connectivity index is 1.49. The SMILES string of the molecule is CCOc1cc(/C=C2/NC(=O)N(CC(=O)Nc3ccccc3OC)C2=O)c(Br)cc1OCc1ccc(C)cc1. The number of urea groups is 1. The summed E-state index contributed by atoms with van der Waals surface area (Å²) < 4.78 is 17.6. The summed E-state index contributed by atoms with van der Waals surface area (Å²) >= 11 is 3.52. The van der Waals surface area contributed by atoms with Crippen molar-refractivity contribution in [2.45, 2.75) is 20.5 Å². The topological polar surface area (TPSA) is 106 Å². The lowest BCUT2D eigenvalue weighted by molar-refractivity contribution is -0.127. The monoisotopic (exact) mass is 593 g/mol. The van der Waals surface area contributed by atoms with Crippen LogP contribution in [-0.2, 0) is 16.2 Å². The van der Waals surface area contributed by atoms with Gasteiger partial charge in [0, 0.05) is 4.47 Å². The van der Waals surface area contributed by atoms with Gasteiger partial charge in [-0.2, -0.15) is 0 Å². The van der Waals surface area contributed by atoms with Crippen molar-refractivity contribution in [2.75, 3.05) is 25.6 Å². The van der Waals surface area contributed by atoms with E-state index in [0.29, 0.717) is 46.2 Å². The maximum Gasteiger partial charge on any atom is 0.329 e. The van der Waals surface area contributed by atoms with Crippen LogP contribution in [0, 0.1) is 6.92 Å². The van der Waals surface area contributed by atoms with Crippen molar-refractivity contribution >= 4 is 45.5 Å². The summed E-state index contributed by atoms with van der Waals surface area (Å²) in [7, 11) is 1.48. The molecule has 10 heteroatoms. The Morgan fingerprint density at radius 3 is 2.46 bits per heavy atom. The molecule has 202 valence electrons. The molecule has 0 spiro atoms. The molecular weight excluding hydrogens is 566 g/mol. The number of methoxy groups -OCH3 is 1. The number of carbonyl (C=O) groups is 3. The van der Waals surface area contributed by atoms with Crippen LogP contribution < -0.4 is 24.8 Å². The van der Waals surface area contributed by atoms with Gasteiger partial charge in [0.1, 0.15) is 24.6 Å². The molecule has 3 aromatic rings. The molecule has 1 heterocycles. The summed E-state index contributed by atoms with van der Waals surface area (Å²) in [5.41, 5.74) is 3.23. The number of benzene rings is 3. The molecule has 1 aliphatic heterocycles. The van der Waals surface area contributed by atoms with Gasteiger partial charge in [-0.15, -0.1) is 0 Å². The van der Waals surface area contributed by atoms with Crippen LogP contribution in [0.25, 0.3) is 6.08 Å². The van der Waals surface area contributed by atoms with Crippen molar-refractivity contribution in [3.63, 3.8) is 0 Å². The molecule has 1 aliphatic rings. The number of anilines is 1. The number of nitrogens with one attached hydrogen (secondary N) is 2. The van der Waals surface area contributed by atoms with Crippen LogP contribution in [0.1, 0.15) is 23.6 Å². The molecule has 4 rings (SSSR count). The molecule has 0 unspecified atom stereocenters.